The number of nitrogen functional groups attached to an aromatic ring is 1. The van der Waals surface area contributed by atoms with Gasteiger partial charge in [0.05, 0.1) is 4.92 Å². The summed E-state index contributed by atoms with van der Waals surface area (Å²) in [5.41, 5.74) is 6.35. The molecule has 1 aromatic heterocycles. The monoisotopic (exact) mass is 362 g/mol. The lowest BCUT2D eigenvalue weighted by Gasteiger charge is -2.22. The van der Waals surface area contributed by atoms with Crippen molar-refractivity contribution in [1.29, 1.82) is 0 Å². The van der Waals surface area contributed by atoms with Gasteiger partial charge in [0.1, 0.15) is 0 Å². The molecule has 1 aliphatic rings. The van der Waals surface area contributed by atoms with E-state index in [1.807, 2.05) is 4.90 Å². The molecule has 1 saturated heterocycles. The van der Waals surface area contributed by atoms with Crippen molar-refractivity contribution in [2.75, 3.05) is 29.0 Å². The second kappa shape index (κ2) is 7.52. The van der Waals surface area contributed by atoms with E-state index in [-0.39, 0.29) is 23.3 Å². The smallest absolute Gasteiger partial charge is 0.353 e. The maximum Gasteiger partial charge on any atom is 0.353 e. The minimum Gasteiger partial charge on any atom is -0.378 e. The molecule has 25 heavy (non-hydrogen) atoms. The van der Waals surface area contributed by atoms with Gasteiger partial charge in [-0.2, -0.15) is 9.97 Å². The van der Waals surface area contributed by atoms with Crippen LogP contribution in [0.4, 0.5) is 29.0 Å². The van der Waals surface area contributed by atoms with Gasteiger partial charge in [-0.25, -0.2) is 0 Å². The fraction of sp³-hybridized carbons (Fsp3) is 0.375. The summed E-state index contributed by atoms with van der Waals surface area (Å²) in [6.07, 6.45) is 4.17. The van der Waals surface area contributed by atoms with Crippen molar-refractivity contribution in [3.8, 4) is 0 Å². The summed E-state index contributed by atoms with van der Waals surface area (Å²) >= 11 is 5.88. The summed E-state index contributed by atoms with van der Waals surface area (Å²) in [7, 11) is 0. The molecular weight excluding hydrogens is 344 g/mol. The second-order valence-electron chi connectivity index (χ2n) is 5.89. The quantitative estimate of drug-likeness (QED) is 0.629. The fourth-order valence-electron chi connectivity index (χ4n) is 2.86. The summed E-state index contributed by atoms with van der Waals surface area (Å²) in [5, 5.41) is 15.1. The van der Waals surface area contributed by atoms with Gasteiger partial charge in [0, 0.05) is 23.8 Å². The SMILES string of the molecule is Nc1nc(Nc2ccc(Cl)cc2)nc(N2CCCCCC2)c1[N+](=O)[O-]. The van der Waals surface area contributed by atoms with Gasteiger partial charge in [-0.15, -0.1) is 0 Å². The van der Waals surface area contributed by atoms with Crippen LogP contribution in [0.3, 0.4) is 0 Å². The zero-order chi connectivity index (χ0) is 17.8. The lowest BCUT2D eigenvalue weighted by molar-refractivity contribution is -0.383. The zero-order valence-corrected chi connectivity index (χ0v) is 14.4. The molecule has 2 heterocycles. The minimum atomic E-state index is -0.512. The first-order valence-electron chi connectivity index (χ1n) is 8.14. The van der Waals surface area contributed by atoms with Crippen molar-refractivity contribution in [3.05, 3.63) is 39.4 Å². The Kier molecular flexibility index (Phi) is 5.18. The van der Waals surface area contributed by atoms with Crippen LogP contribution in [0.25, 0.3) is 0 Å². The molecule has 1 aliphatic heterocycles. The maximum atomic E-state index is 11.5. The number of hydrogen-bond acceptors (Lipinski definition) is 7. The van der Waals surface area contributed by atoms with Crippen LogP contribution in [0.1, 0.15) is 25.7 Å². The largest absolute Gasteiger partial charge is 0.378 e. The van der Waals surface area contributed by atoms with Crippen molar-refractivity contribution < 1.29 is 4.92 Å². The molecule has 0 unspecified atom stereocenters. The standard InChI is InChI=1S/C16H19ClN6O2/c17-11-5-7-12(8-6-11)19-16-20-14(18)13(23(24)25)15(21-16)22-9-3-1-2-4-10-22/h5-8H,1-4,9-10H2,(H3,18,19,20,21). The Hall–Kier alpha value is -2.61. The molecule has 132 valence electrons. The third-order valence-electron chi connectivity index (χ3n) is 4.08. The Morgan fingerprint density at radius 3 is 2.36 bits per heavy atom. The fourth-order valence-corrected chi connectivity index (χ4v) is 2.98. The van der Waals surface area contributed by atoms with Crippen molar-refractivity contribution >= 4 is 40.6 Å². The van der Waals surface area contributed by atoms with E-state index in [1.54, 1.807) is 24.3 Å². The molecule has 0 radical (unpaired) electrons. The van der Waals surface area contributed by atoms with Gasteiger partial charge in [0.25, 0.3) is 0 Å². The van der Waals surface area contributed by atoms with Crippen LogP contribution < -0.4 is 16.0 Å². The molecule has 0 saturated carbocycles. The molecule has 2 aromatic rings. The highest BCUT2D eigenvalue weighted by Crippen LogP contribution is 2.34. The van der Waals surface area contributed by atoms with Crippen LogP contribution in [0.2, 0.25) is 5.02 Å². The van der Waals surface area contributed by atoms with E-state index in [0.29, 0.717) is 5.02 Å². The molecule has 9 heteroatoms. The first-order valence-corrected chi connectivity index (χ1v) is 8.52. The number of nitrogens with zero attached hydrogens (tertiary/aromatic N) is 4. The van der Waals surface area contributed by atoms with Crippen LogP contribution in [0, 0.1) is 10.1 Å². The molecule has 0 aliphatic carbocycles. The Morgan fingerprint density at radius 1 is 1.12 bits per heavy atom. The normalized spacial score (nSPS) is 14.8. The number of hydrogen-bond donors (Lipinski definition) is 2. The molecule has 0 amide bonds. The molecule has 0 spiro atoms. The molecule has 0 atom stereocenters. The van der Waals surface area contributed by atoms with Gasteiger partial charge in [-0.05, 0) is 37.1 Å². The Morgan fingerprint density at radius 2 is 1.76 bits per heavy atom. The third kappa shape index (κ3) is 4.08. The van der Waals surface area contributed by atoms with E-state index in [4.69, 9.17) is 17.3 Å². The van der Waals surface area contributed by atoms with Crippen molar-refractivity contribution in [3.63, 3.8) is 0 Å². The zero-order valence-electron chi connectivity index (χ0n) is 13.6. The minimum absolute atomic E-state index is 0.143. The lowest BCUT2D eigenvalue weighted by atomic mass is 10.2. The second-order valence-corrected chi connectivity index (χ2v) is 6.33. The Bertz CT molecular complexity index is 760. The highest BCUT2D eigenvalue weighted by atomic mass is 35.5. The van der Waals surface area contributed by atoms with E-state index in [9.17, 15) is 10.1 Å². The lowest BCUT2D eigenvalue weighted by Crippen LogP contribution is -2.26. The molecule has 1 fully saturated rings. The van der Waals surface area contributed by atoms with E-state index in [1.165, 1.54) is 0 Å². The predicted molar refractivity (Wildman–Crippen MR) is 98.5 cm³/mol. The number of nitro groups is 1. The summed E-state index contributed by atoms with van der Waals surface area (Å²) in [6.45, 7) is 1.44. The Labute approximate surface area is 150 Å². The van der Waals surface area contributed by atoms with E-state index < -0.39 is 4.92 Å². The van der Waals surface area contributed by atoms with Crippen molar-refractivity contribution in [2.45, 2.75) is 25.7 Å². The highest BCUT2D eigenvalue weighted by molar-refractivity contribution is 6.30. The van der Waals surface area contributed by atoms with Gasteiger partial charge in [0.2, 0.25) is 17.6 Å². The first-order chi connectivity index (χ1) is 12.0. The topological polar surface area (TPSA) is 110 Å². The van der Waals surface area contributed by atoms with Crippen LogP contribution in [0.5, 0.6) is 0 Å². The molecule has 0 bridgehead atoms. The van der Waals surface area contributed by atoms with Crippen LogP contribution >= 0.6 is 11.6 Å². The summed E-state index contributed by atoms with van der Waals surface area (Å²) < 4.78 is 0. The molecule has 3 rings (SSSR count). The summed E-state index contributed by atoms with van der Waals surface area (Å²) in [4.78, 5) is 21.3. The maximum absolute atomic E-state index is 11.5. The summed E-state index contributed by atoms with van der Waals surface area (Å²) in [5.74, 6) is 0.358. The van der Waals surface area contributed by atoms with Crippen LogP contribution in [0.15, 0.2) is 24.3 Å². The molecule has 3 N–H and O–H groups in total. The highest BCUT2D eigenvalue weighted by Gasteiger charge is 2.27. The van der Waals surface area contributed by atoms with Gasteiger partial charge in [-0.1, -0.05) is 24.4 Å². The van der Waals surface area contributed by atoms with Crippen molar-refractivity contribution in [2.24, 2.45) is 0 Å². The number of nitrogens with one attached hydrogen (secondary N) is 1. The van der Waals surface area contributed by atoms with Gasteiger partial charge < -0.3 is 16.0 Å². The average molecular weight is 363 g/mol. The van der Waals surface area contributed by atoms with Gasteiger partial charge in [0.15, 0.2) is 0 Å². The first kappa shape index (κ1) is 17.2. The number of nitrogens with two attached hydrogens (primary N) is 1. The number of aromatic nitrogens is 2. The van der Waals surface area contributed by atoms with Crippen molar-refractivity contribution in [1.82, 2.24) is 9.97 Å². The third-order valence-corrected chi connectivity index (χ3v) is 4.33. The van der Waals surface area contributed by atoms with Crippen LogP contribution in [-0.2, 0) is 0 Å². The predicted octanol–water partition coefficient (Wildman–Crippen LogP) is 3.74. The number of rotatable bonds is 4. The molecule has 8 nitrogen and oxygen atoms in total. The van der Waals surface area contributed by atoms with Crippen LogP contribution in [-0.4, -0.2) is 28.0 Å². The average Bonchev–Trinajstić information content (AvgIpc) is 2.85. The summed E-state index contributed by atoms with van der Waals surface area (Å²) in [6, 6.07) is 7.01. The molecule has 1 aromatic carbocycles. The Balaban J connectivity index is 1.97. The number of benzene rings is 1. The number of anilines is 4. The van der Waals surface area contributed by atoms with E-state index in [0.717, 1.165) is 44.5 Å². The van der Waals surface area contributed by atoms with E-state index in [2.05, 4.69) is 15.3 Å². The number of halogens is 1. The van der Waals surface area contributed by atoms with Gasteiger partial charge >= 0.3 is 5.69 Å². The van der Waals surface area contributed by atoms with E-state index >= 15 is 0 Å². The van der Waals surface area contributed by atoms with Gasteiger partial charge in [-0.3, -0.25) is 10.1 Å². The molecular formula is C16H19ClN6O2.